The summed E-state index contributed by atoms with van der Waals surface area (Å²) in [6.07, 6.45) is 0. The molecule has 28 heavy (non-hydrogen) atoms. The second kappa shape index (κ2) is 8.22. The Kier molecular flexibility index (Phi) is 6.47. The van der Waals surface area contributed by atoms with Gasteiger partial charge in [0.1, 0.15) is 0 Å². The molecule has 0 aromatic heterocycles. The first-order valence-corrected chi connectivity index (χ1v) is 21.6. The molecule has 0 nitrogen and oxygen atoms in total. The summed E-state index contributed by atoms with van der Waals surface area (Å²) in [4.78, 5) is 0. The van der Waals surface area contributed by atoms with E-state index < -0.39 is 15.0 Å². The van der Waals surface area contributed by atoms with Crippen molar-refractivity contribution in [3.05, 3.63) is 75.8 Å². The maximum atomic E-state index is 6.78. The van der Waals surface area contributed by atoms with Crippen LogP contribution >= 0.6 is 26.8 Å². The fraction of sp³-hybridized carbons (Fsp3) is 0.250. The molecule has 0 saturated carbocycles. The molecule has 0 bridgehead atoms. The second-order valence-electron chi connectivity index (χ2n) is 7.77. The van der Waals surface area contributed by atoms with Crippen LogP contribution in [0.3, 0.4) is 0 Å². The van der Waals surface area contributed by atoms with E-state index in [2.05, 4.69) is 84.0 Å². The topological polar surface area (TPSA) is 0 Å². The van der Waals surface area contributed by atoms with Crippen molar-refractivity contribution in [1.29, 1.82) is 0 Å². The molecule has 0 saturated heterocycles. The number of benzene rings is 3. The van der Waals surface area contributed by atoms with Crippen molar-refractivity contribution in [2.75, 3.05) is 0 Å². The van der Waals surface area contributed by atoms with Crippen LogP contribution in [-0.4, -0.2) is 15.0 Å². The molecule has 146 valence electrons. The normalized spacial score (nSPS) is 11.8. The molecule has 0 aliphatic heterocycles. The predicted molar refractivity (Wildman–Crippen MR) is 129 cm³/mol. The molecule has 0 fully saturated rings. The molecule has 0 N–H and O–H groups in total. The number of aryl methyl sites for hydroxylation is 6. The second-order valence-corrected chi connectivity index (χ2v) is 27.3. The van der Waals surface area contributed by atoms with Gasteiger partial charge in [-0.3, -0.25) is 0 Å². The van der Waals surface area contributed by atoms with Crippen LogP contribution in [0.15, 0.2) is 42.5 Å². The van der Waals surface area contributed by atoms with Crippen LogP contribution in [0.2, 0.25) is 0 Å². The summed E-state index contributed by atoms with van der Waals surface area (Å²) in [5.41, 5.74) is 11.9. The molecule has 3 aromatic carbocycles. The van der Waals surface area contributed by atoms with Gasteiger partial charge in [0.05, 0.1) is 0 Å². The van der Waals surface area contributed by atoms with Gasteiger partial charge < -0.3 is 0 Å². The van der Waals surface area contributed by atoms with Gasteiger partial charge in [-0.15, -0.1) is 0 Å². The van der Waals surface area contributed by atoms with Gasteiger partial charge in [-0.25, -0.2) is 0 Å². The summed E-state index contributed by atoms with van der Waals surface area (Å²) in [7, 11) is 20.3. The van der Waals surface area contributed by atoms with E-state index in [0.717, 1.165) is 14.7 Å². The summed E-state index contributed by atoms with van der Waals surface area (Å²) in [6, 6.07) is 15.1. The molecule has 0 aliphatic rings. The van der Waals surface area contributed by atoms with Gasteiger partial charge in [0.2, 0.25) is 0 Å². The van der Waals surface area contributed by atoms with Crippen LogP contribution in [-0.2, 0) is 0 Å². The number of hydrogen-bond donors (Lipinski definition) is 0. The van der Waals surface area contributed by atoms with Crippen molar-refractivity contribution >= 4 is 45.3 Å². The Morgan fingerprint density at radius 1 is 0.571 bits per heavy atom. The van der Waals surface area contributed by atoms with Crippen molar-refractivity contribution in [2.45, 2.75) is 41.5 Å². The first-order valence-electron chi connectivity index (χ1n) is 9.37. The van der Waals surface area contributed by atoms with E-state index in [1.54, 1.807) is 0 Å². The van der Waals surface area contributed by atoms with Crippen molar-refractivity contribution in [3.63, 3.8) is 0 Å². The van der Waals surface area contributed by atoms with Gasteiger partial charge in [0, 0.05) is 0 Å². The molecule has 4 heteroatoms. The van der Waals surface area contributed by atoms with Crippen molar-refractivity contribution < 1.29 is 0 Å². The molecule has 0 spiro atoms. The van der Waals surface area contributed by atoms with E-state index in [1.165, 1.54) is 44.5 Å². The van der Waals surface area contributed by atoms with E-state index in [1.807, 2.05) is 0 Å². The predicted octanol–water partition coefficient (Wildman–Crippen LogP) is 7.73. The average Bonchev–Trinajstić information content (AvgIpc) is 2.51. The van der Waals surface area contributed by atoms with Gasteiger partial charge in [-0.2, -0.15) is 0 Å². The standard InChI is InChI=1S/C24H25.3ClH.Sn/c1-15-10-17(3)23(18(4)11-15)21-8-7-9-22(14-21)24-19(5)12-16(2)13-20(24)6;;;;/h7-13H,1-6H3;3*1H;/q;;;;+3/p-3. The third-order valence-electron chi connectivity index (χ3n) is 5.24. The Balaban J connectivity index is 2.43. The Morgan fingerprint density at radius 3 is 1.18 bits per heavy atom. The van der Waals surface area contributed by atoms with Gasteiger partial charge in [0.25, 0.3) is 0 Å². The zero-order valence-electron chi connectivity index (χ0n) is 17.2. The zero-order valence-corrected chi connectivity index (χ0v) is 22.3. The van der Waals surface area contributed by atoms with Crippen molar-refractivity contribution in [1.82, 2.24) is 0 Å². The summed E-state index contributed by atoms with van der Waals surface area (Å²) in [5.74, 6) is 0. The molecule has 0 atom stereocenters. The average molecular weight is 539 g/mol. The fourth-order valence-electron chi connectivity index (χ4n) is 4.48. The van der Waals surface area contributed by atoms with E-state index in [9.17, 15) is 0 Å². The van der Waals surface area contributed by atoms with Crippen LogP contribution in [0.5, 0.6) is 0 Å². The van der Waals surface area contributed by atoms with Gasteiger partial charge in [-0.1, -0.05) is 0 Å². The Hall–Kier alpha value is -0.671. The molecule has 3 rings (SSSR count). The van der Waals surface area contributed by atoms with E-state index in [4.69, 9.17) is 26.8 Å². The quantitative estimate of drug-likeness (QED) is 0.300. The molecule has 0 heterocycles. The SMILES string of the molecule is Cc1cc(C)c(-c2cccc(-c3c(C)cc(C)cc3C)[c]2[Sn]([Cl])([Cl])[Cl])c(C)c1. The number of hydrogen-bond acceptors (Lipinski definition) is 0. The van der Waals surface area contributed by atoms with Crippen LogP contribution in [0.1, 0.15) is 33.4 Å². The monoisotopic (exact) mass is 538 g/mol. The number of halogens is 3. The first-order chi connectivity index (χ1) is 13.0. The zero-order chi connectivity index (χ0) is 20.8. The third-order valence-corrected chi connectivity index (χ3v) is 12.2. The fourth-order valence-corrected chi connectivity index (χ4v) is 11.5. The summed E-state index contributed by atoms with van der Waals surface area (Å²) in [6.45, 7) is 12.8. The van der Waals surface area contributed by atoms with Crippen LogP contribution in [0.25, 0.3) is 22.3 Å². The molecule has 0 aliphatic carbocycles. The Bertz CT molecular complexity index is 940. The minimum absolute atomic E-state index is 0.951. The van der Waals surface area contributed by atoms with Crippen molar-refractivity contribution in [3.8, 4) is 22.3 Å². The molecule has 0 amide bonds. The van der Waals surface area contributed by atoms with Crippen LogP contribution in [0.4, 0.5) is 0 Å². The molecular weight excluding hydrogens is 513 g/mol. The maximum absolute atomic E-state index is 6.78. The summed E-state index contributed by atoms with van der Waals surface area (Å²) >= 11 is -4.03. The van der Waals surface area contributed by atoms with Gasteiger partial charge in [-0.05, 0) is 0 Å². The number of rotatable bonds is 3. The first kappa shape index (κ1) is 22.0. The third kappa shape index (κ3) is 4.26. The van der Waals surface area contributed by atoms with Gasteiger partial charge >= 0.3 is 185 Å². The molecule has 0 radical (unpaired) electrons. The molecular formula is C24H25Cl3Sn. The van der Waals surface area contributed by atoms with Crippen molar-refractivity contribution in [2.24, 2.45) is 0 Å². The Morgan fingerprint density at radius 2 is 0.893 bits per heavy atom. The Labute approximate surface area is 183 Å². The van der Waals surface area contributed by atoms with Crippen LogP contribution < -0.4 is 3.58 Å². The van der Waals surface area contributed by atoms with E-state index >= 15 is 0 Å². The molecule has 3 aromatic rings. The van der Waals surface area contributed by atoms with E-state index in [-0.39, 0.29) is 0 Å². The van der Waals surface area contributed by atoms with E-state index in [0.29, 0.717) is 0 Å². The molecule has 0 unspecified atom stereocenters. The summed E-state index contributed by atoms with van der Waals surface area (Å²) < 4.78 is 0.951. The minimum atomic E-state index is -4.03. The van der Waals surface area contributed by atoms with Gasteiger partial charge in [0.15, 0.2) is 0 Å². The summed E-state index contributed by atoms with van der Waals surface area (Å²) in [5, 5.41) is 0. The van der Waals surface area contributed by atoms with Crippen LogP contribution in [0, 0.1) is 41.5 Å².